The van der Waals surface area contributed by atoms with Crippen LogP contribution in [0.4, 0.5) is 10.3 Å². The predicted octanol–water partition coefficient (Wildman–Crippen LogP) is 9.22. The van der Waals surface area contributed by atoms with Crippen LogP contribution in [-0.4, -0.2) is 21.8 Å². The first-order valence-electron chi connectivity index (χ1n) is 11.4. The molecule has 4 rings (SSSR count). The van der Waals surface area contributed by atoms with Gasteiger partial charge in [0, 0.05) is 22.9 Å². The zero-order valence-electron chi connectivity index (χ0n) is 19.0. The monoisotopic (exact) mass is 602 g/mol. The van der Waals surface area contributed by atoms with Gasteiger partial charge in [0.2, 0.25) is 11.8 Å². The molecule has 4 aromatic rings. The minimum Gasteiger partial charge on any atom is -0.302 e. The number of nitrogens with zero attached hydrogens (tertiary/aromatic N) is 2. The van der Waals surface area contributed by atoms with Crippen molar-refractivity contribution in [2.24, 2.45) is 0 Å². The minimum atomic E-state index is -0.0636. The van der Waals surface area contributed by atoms with Gasteiger partial charge in [0.15, 0.2) is 10.3 Å². The lowest BCUT2D eigenvalue weighted by Gasteiger charge is -2.03. The lowest BCUT2D eigenvalue weighted by atomic mass is 10.1. The number of unbranched alkanes of at least 4 members (excludes halogenated alkanes) is 5. The topological polar surface area (TPSA) is 84.0 Å². The summed E-state index contributed by atoms with van der Waals surface area (Å²) >= 11 is 27.1. The van der Waals surface area contributed by atoms with Gasteiger partial charge in [-0.25, -0.2) is 9.97 Å². The van der Waals surface area contributed by atoms with E-state index in [1.807, 2.05) is 0 Å². The number of hydrogen-bond donors (Lipinski definition) is 2. The third-order valence-corrected chi connectivity index (χ3v) is 8.23. The molecular weight excluding hydrogens is 582 g/mol. The summed E-state index contributed by atoms with van der Waals surface area (Å²) < 4.78 is 1.68. The second-order valence-corrected chi connectivity index (χ2v) is 12.0. The van der Waals surface area contributed by atoms with Crippen LogP contribution in [0.1, 0.15) is 51.4 Å². The fraction of sp³-hybridized carbons (Fsp3) is 0.333. The molecule has 190 valence electrons. The van der Waals surface area contributed by atoms with E-state index in [-0.39, 0.29) is 11.8 Å². The Labute approximate surface area is 236 Å². The number of benzene rings is 2. The molecular formula is C24H22Cl4N4O2S2. The maximum atomic E-state index is 12.2. The van der Waals surface area contributed by atoms with Crippen LogP contribution in [0.3, 0.4) is 0 Å². The van der Waals surface area contributed by atoms with Crippen molar-refractivity contribution in [1.29, 1.82) is 0 Å². The summed E-state index contributed by atoms with van der Waals surface area (Å²) in [5.41, 5.74) is 1.29. The number of aromatic nitrogens is 2. The molecule has 0 aliphatic heterocycles. The second-order valence-electron chi connectivity index (χ2n) is 8.22. The maximum absolute atomic E-state index is 12.2. The average molecular weight is 604 g/mol. The van der Waals surface area contributed by atoms with E-state index in [1.54, 1.807) is 24.3 Å². The number of carbonyl (C=O) groups excluding carboxylic acids is 2. The standard InChI is InChI=1S/C24H22Cl4N4O2S2/c25-13-9-15(27)21-17(11-13)35-23(31-21)29-19(33)7-5-3-1-2-4-6-8-20(34)30-24-32-22-16(28)10-14(26)12-18(22)36-24/h9-12H,1-8H2,(H,29,31,33)(H,30,32,34). The molecule has 12 heteroatoms. The first-order valence-corrected chi connectivity index (χ1v) is 14.5. The lowest BCUT2D eigenvalue weighted by Crippen LogP contribution is -2.11. The van der Waals surface area contributed by atoms with Crippen LogP contribution in [-0.2, 0) is 9.59 Å². The van der Waals surface area contributed by atoms with Gasteiger partial charge in [-0.1, -0.05) is 94.8 Å². The maximum Gasteiger partial charge on any atom is 0.226 e. The molecule has 0 fully saturated rings. The van der Waals surface area contributed by atoms with Crippen LogP contribution in [0.15, 0.2) is 24.3 Å². The van der Waals surface area contributed by atoms with Crippen LogP contribution in [0.25, 0.3) is 20.4 Å². The second kappa shape index (κ2) is 12.7. The number of hydrogen-bond acceptors (Lipinski definition) is 6. The number of thiazole rings is 2. The first-order chi connectivity index (χ1) is 17.3. The third-order valence-electron chi connectivity index (χ3n) is 5.38. The van der Waals surface area contributed by atoms with Gasteiger partial charge < -0.3 is 10.6 Å². The normalized spacial score (nSPS) is 11.3. The number of nitrogens with one attached hydrogen (secondary N) is 2. The van der Waals surface area contributed by atoms with Gasteiger partial charge in [0.1, 0.15) is 11.0 Å². The average Bonchev–Trinajstić information content (AvgIpc) is 3.39. The summed E-state index contributed by atoms with van der Waals surface area (Å²) in [5.74, 6) is -0.127. The molecule has 0 bridgehead atoms. The number of carbonyl (C=O) groups is 2. The molecule has 0 saturated heterocycles. The number of amides is 2. The van der Waals surface area contributed by atoms with Crippen molar-refractivity contribution in [3.8, 4) is 0 Å². The number of fused-ring (bicyclic) bond motifs is 2. The highest BCUT2D eigenvalue weighted by Crippen LogP contribution is 2.35. The van der Waals surface area contributed by atoms with E-state index in [9.17, 15) is 9.59 Å². The molecule has 0 unspecified atom stereocenters. The van der Waals surface area contributed by atoms with Gasteiger partial charge in [0.05, 0.1) is 19.4 Å². The minimum absolute atomic E-state index is 0.0636. The smallest absolute Gasteiger partial charge is 0.226 e. The van der Waals surface area contributed by atoms with Crippen molar-refractivity contribution in [2.45, 2.75) is 51.4 Å². The van der Waals surface area contributed by atoms with E-state index < -0.39 is 0 Å². The molecule has 2 heterocycles. The van der Waals surface area contributed by atoms with Crippen molar-refractivity contribution < 1.29 is 9.59 Å². The molecule has 0 aliphatic rings. The Kier molecular flexibility index (Phi) is 9.66. The third kappa shape index (κ3) is 7.43. The lowest BCUT2D eigenvalue weighted by molar-refractivity contribution is -0.117. The molecule has 2 aromatic carbocycles. The van der Waals surface area contributed by atoms with E-state index in [0.29, 0.717) is 54.2 Å². The zero-order chi connectivity index (χ0) is 25.7. The largest absolute Gasteiger partial charge is 0.302 e. The van der Waals surface area contributed by atoms with Crippen LogP contribution in [0, 0.1) is 0 Å². The summed E-state index contributed by atoms with van der Waals surface area (Å²) in [4.78, 5) is 33.2. The quantitative estimate of drug-likeness (QED) is 0.167. The Morgan fingerprint density at radius 1 is 0.639 bits per heavy atom. The highest BCUT2D eigenvalue weighted by molar-refractivity contribution is 7.22. The predicted molar refractivity (Wildman–Crippen MR) is 153 cm³/mol. The van der Waals surface area contributed by atoms with E-state index >= 15 is 0 Å². The Bertz CT molecular complexity index is 1300. The fourth-order valence-corrected chi connectivity index (χ4v) is 6.87. The molecule has 0 radical (unpaired) electrons. The fourth-order valence-electron chi connectivity index (χ4n) is 3.66. The summed E-state index contributed by atoms with van der Waals surface area (Å²) in [6, 6.07) is 6.85. The van der Waals surface area contributed by atoms with Crippen LogP contribution in [0.2, 0.25) is 20.1 Å². The summed E-state index contributed by atoms with van der Waals surface area (Å²) in [7, 11) is 0. The molecule has 2 aromatic heterocycles. The zero-order valence-corrected chi connectivity index (χ0v) is 23.7. The highest BCUT2D eigenvalue weighted by Gasteiger charge is 2.12. The molecule has 2 amide bonds. The number of rotatable bonds is 11. The Balaban J connectivity index is 1.08. The van der Waals surface area contributed by atoms with Gasteiger partial charge in [-0.15, -0.1) is 0 Å². The van der Waals surface area contributed by atoms with E-state index in [1.165, 1.54) is 22.7 Å². The van der Waals surface area contributed by atoms with E-state index in [2.05, 4.69) is 20.6 Å². The van der Waals surface area contributed by atoms with Crippen LogP contribution in [0.5, 0.6) is 0 Å². The summed E-state index contributed by atoms with van der Waals surface area (Å²) in [6.07, 6.45) is 6.41. The van der Waals surface area contributed by atoms with Gasteiger partial charge in [0.25, 0.3) is 0 Å². The molecule has 36 heavy (non-hydrogen) atoms. The van der Waals surface area contributed by atoms with Gasteiger partial charge >= 0.3 is 0 Å². The molecule has 0 aliphatic carbocycles. The first kappa shape index (κ1) is 27.4. The Morgan fingerprint density at radius 3 is 1.44 bits per heavy atom. The molecule has 0 atom stereocenters. The van der Waals surface area contributed by atoms with Crippen molar-refractivity contribution >= 4 is 112 Å². The van der Waals surface area contributed by atoms with Crippen LogP contribution < -0.4 is 10.6 Å². The van der Waals surface area contributed by atoms with Crippen LogP contribution >= 0.6 is 69.1 Å². The Hall–Kier alpha value is -1.68. The number of anilines is 2. The summed E-state index contributed by atoms with van der Waals surface area (Å²) in [5, 5.41) is 8.75. The van der Waals surface area contributed by atoms with Crippen molar-refractivity contribution in [2.75, 3.05) is 10.6 Å². The molecule has 0 saturated carbocycles. The van der Waals surface area contributed by atoms with Gasteiger partial charge in [-0.05, 0) is 37.1 Å². The van der Waals surface area contributed by atoms with Gasteiger partial charge in [-0.3, -0.25) is 9.59 Å². The Morgan fingerprint density at radius 2 is 1.03 bits per heavy atom. The van der Waals surface area contributed by atoms with Crippen molar-refractivity contribution in [1.82, 2.24) is 9.97 Å². The summed E-state index contributed by atoms with van der Waals surface area (Å²) in [6.45, 7) is 0. The van der Waals surface area contributed by atoms with Crippen molar-refractivity contribution in [3.05, 3.63) is 44.4 Å². The molecule has 0 spiro atoms. The van der Waals surface area contributed by atoms with E-state index in [0.717, 1.165) is 47.9 Å². The van der Waals surface area contributed by atoms with Crippen molar-refractivity contribution in [3.63, 3.8) is 0 Å². The van der Waals surface area contributed by atoms with Gasteiger partial charge in [-0.2, -0.15) is 0 Å². The highest BCUT2D eigenvalue weighted by atomic mass is 35.5. The SMILES string of the molecule is O=C(CCCCCCCCC(=O)Nc1nc2c(Cl)cc(Cl)cc2s1)Nc1nc2c(Cl)cc(Cl)cc2s1. The molecule has 6 nitrogen and oxygen atoms in total. The van der Waals surface area contributed by atoms with E-state index in [4.69, 9.17) is 46.4 Å². The number of halogens is 4. The molecule has 2 N–H and O–H groups in total.